The highest BCUT2D eigenvalue weighted by Gasteiger charge is 2.15. The third-order valence-corrected chi connectivity index (χ3v) is 4.81. The Morgan fingerprint density at radius 2 is 2.00 bits per heavy atom. The Kier molecular flexibility index (Phi) is 6.02. The highest BCUT2D eigenvalue weighted by molar-refractivity contribution is 7.98. The van der Waals surface area contributed by atoms with E-state index in [1.54, 1.807) is 19.2 Å². The van der Waals surface area contributed by atoms with Crippen LogP contribution in [0.5, 0.6) is 11.5 Å². The molecule has 7 heteroatoms. The Morgan fingerprint density at radius 3 is 2.68 bits per heavy atom. The zero-order valence-electron chi connectivity index (χ0n) is 15.8. The van der Waals surface area contributed by atoms with Crippen LogP contribution in [0.1, 0.15) is 16.7 Å². The number of rotatable bonds is 6. The molecule has 3 rings (SSSR count). The summed E-state index contributed by atoms with van der Waals surface area (Å²) in [5, 5.41) is 9.86. The molecule has 0 bridgehead atoms. The van der Waals surface area contributed by atoms with Crippen molar-refractivity contribution in [2.45, 2.75) is 18.7 Å². The van der Waals surface area contributed by atoms with Crippen LogP contribution < -0.4 is 15.0 Å². The molecule has 0 aliphatic rings. The van der Waals surface area contributed by atoms with Crippen LogP contribution in [0.3, 0.4) is 0 Å². The molecule has 142 valence electrons. The second-order valence-corrected chi connectivity index (χ2v) is 6.79. The van der Waals surface area contributed by atoms with Crippen molar-refractivity contribution in [3.05, 3.63) is 69.5 Å². The van der Waals surface area contributed by atoms with E-state index in [1.165, 1.54) is 11.8 Å². The molecular weight excluding hydrogens is 374 g/mol. The Morgan fingerprint density at radius 1 is 1.21 bits per heavy atom. The third kappa shape index (κ3) is 4.02. The molecule has 0 unspecified atom stereocenters. The molecule has 28 heavy (non-hydrogen) atoms. The number of nitrogens with one attached hydrogen (secondary N) is 1. The van der Waals surface area contributed by atoms with E-state index in [1.807, 2.05) is 49.6 Å². The van der Waals surface area contributed by atoms with E-state index < -0.39 is 5.56 Å². The quantitative estimate of drug-likeness (QED) is 0.504. The van der Waals surface area contributed by atoms with Gasteiger partial charge in [-0.1, -0.05) is 30.0 Å². The summed E-state index contributed by atoms with van der Waals surface area (Å²) >= 11 is 1.31. The summed E-state index contributed by atoms with van der Waals surface area (Å²) in [5.74, 6) is 1.44. The topological polar surface area (TPSA) is 88.0 Å². The van der Waals surface area contributed by atoms with Crippen molar-refractivity contribution in [1.82, 2.24) is 9.97 Å². The fraction of sp³-hybridized carbons (Fsp3) is 0.190. The van der Waals surface area contributed by atoms with Crippen LogP contribution in [-0.2, 0) is 6.61 Å². The van der Waals surface area contributed by atoms with Gasteiger partial charge in [0.05, 0.1) is 12.8 Å². The summed E-state index contributed by atoms with van der Waals surface area (Å²) in [6.45, 7) is 2.26. The van der Waals surface area contributed by atoms with Crippen LogP contribution in [0.2, 0.25) is 0 Å². The van der Waals surface area contributed by atoms with E-state index >= 15 is 0 Å². The van der Waals surface area contributed by atoms with Crippen molar-refractivity contribution in [2.24, 2.45) is 0 Å². The van der Waals surface area contributed by atoms with Gasteiger partial charge in [-0.2, -0.15) is 5.26 Å². The summed E-state index contributed by atoms with van der Waals surface area (Å²) in [4.78, 5) is 19.2. The highest BCUT2D eigenvalue weighted by atomic mass is 32.2. The maximum absolute atomic E-state index is 12.2. The number of methoxy groups -OCH3 is 1. The number of aromatic amines is 1. The van der Waals surface area contributed by atoms with Crippen molar-refractivity contribution < 1.29 is 9.47 Å². The molecule has 1 N–H and O–H groups in total. The van der Waals surface area contributed by atoms with Gasteiger partial charge >= 0.3 is 0 Å². The van der Waals surface area contributed by atoms with E-state index in [0.717, 1.165) is 16.9 Å². The van der Waals surface area contributed by atoms with Crippen molar-refractivity contribution >= 4 is 11.8 Å². The first-order chi connectivity index (χ1) is 13.6. The van der Waals surface area contributed by atoms with Gasteiger partial charge in [-0.25, -0.2) is 4.98 Å². The standard InChI is InChI=1S/C21H19N3O3S/c1-13-6-4-5-7-17(13)27-12-15-10-14(8-9-18(15)26-2)19-16(11-22)20(25)24-21(23-19)28-3/h4-10H,12H2,1-3H3,(H,23,24,25). The number of para-hydroxylation sites is 1. The highest BCUT2D eigenvalue weighted by Crippen LogP contribution is 2.29. The van der Waals surface area contributed by atoms with Gasteiger partial charge in [0.1, 0.15) is 29.7 Å². The monoisotopic (exact) mass is 393 g/mol. The lowest BCUT2D eigenvalue weighted by molar-refractivity contribution is 0.295. The summed E-state index contributed by atoms with van der Waals surface area (Å²) < 4.78 is 11.4. The number of ether oxygens (including phenoxy) is 2. The van der Waals surface area contributed by atoms with Crippen molar-refractivity contribution in [2.75, 3.05) is 13.4 Å². The first-order valence-corrected chi connectivity index (χ1v) is 9.74. The Bertz CT molecular complexity index is 1100. The number of hydrogen-bond donors (Lipinski definition) is 1. The van der Waals surface area contributed by atoms with E-state index in [0.29, 0.717) is 22.2 Å². The second-order valence-electron chi connectivity index (χ2n) is 5.99. The molecule has 1 heterocycles. The third-order valence-electron chi connectivity index (χ3n) is 4.23. The largest absolute Gasteiger partial charge is 0.496 e. The molecule has 0 fully saturated rings. The summed E-state index contributed by atoms with van der Waals surface area (Å²) in [7, 11) is 1.59. The van der Waals surface area contributed by atoms with E-state index in [4.69, 9.17) is 9.47 Å². The number of aromatic nitrogens is 2. The molecule has 1 aromatic heterocycles. The van der Waals surface area contributed by atoms with Crippen LogP contribution in [-0.4, -0.2) is 23.3 Å². The predicted octanol–water partition coefficient (Wildman–Crippen LogP) is 3.93. The number of nitriles is 1. The predicted molar refractivity (Wildman–Crippen MR) is 109 cm³/mol. The van der Waals surface area contributed by atoms with Crippen LogP contribution in [0.25, 0.3) is 11.3 Å². The minimum absolute atomic E-state index is 0.0197. The lowest BCUT2D eigenvalue weighted by Crippen LogP contribution is -2.14. The molecule has 0 amide bonds. The Labute approximate surface area is 167 Å². The minimum atomic E-state index is -0.453. The van der Waals surface area contributed by atoms with E-state index in [2.05, 4.69) is 9.97 Å². The molecule has 3 aromatic rings. The molecule has 0 saturated heterocycles. The van der Waals surface area contributed by atoms with E-state index in [-0.39, 0.29) is 12.2 Å². The fourth-order valence-corrected chi connectivity index (χ4v) is 3.15. The molecule has 0 radical (unpaired) electrons. The van der Waals surface area contributed by atoms with Gasteiger partial charge in [0.15, 0.2) is 5.16 Å². The molecule has 2 aromatic carbocycles. The molecule has 6 nitrogen and oxygen atoms in total. The minimum Gasteiger partial charge on any atom is -0.496 e. The number of H-pyrrole nitrogens is 1. The molecular formula is C21H19N3O3S. The van der Waals surface area contributed by atoms with Crippen LogP contribution >= 0.6 is 11.8 Å². The summed E-state index contributed by atoms with van der Waals surface area (Å²) in [6, 6.07) is 15.1. The van der Waals surface area contributed by atoms with Crippen molar-refractivity contribution in [3.8, 4) is 28.8 Å². The maximum atomic E-state index is 12.2. The molecule has 0 aliphatic carbocycles. The number of benzene rings is 2. The zero-order chi connectivity index (χ0) is 20.1. The van der Waals surface area contributed by atoms with Gasteiger partial charge in [0.25, 0.3) is 5.56 Å². The fourth-order valence-electron chi connectivity index (χ4n) is 2.77. The lowest BCUT2D eigenvalue weighted by Gasteiger charge is -2.14. The average molecular weight is 393 g/mol. The first kappa shape index (κ1) is 19.5. The van der Waals surface area contributed by atoms with Gasteiger partial charge in [-0.05, 0) is 43.0 Å². The first-order valence-electron chi connectivity index (χ1n) is 8.51. The van der Waals surface area contributed by atoms with Gasteiger partial charge in [-0.15, -0.1) is 0 Å². The maximum Gasteiger partial charge on any atom is 0.270 e. The summed E-state index contributed by atoms with van der Waals surface area (Å²) in [6.07, 6.45) is 1.81. The van der Waals surface area contributed by atoms with Crippen molar-refractivity contribution in [3.63, 3.8) is 0 Å². The Hall–Kier alpha value is -3.24. The van der Waals surface area contributed by atoms with Gasteiger partial charge < -0.3 is 14.5 Å². The SMILES string of the molecule is COc1ccc(-c2nc(SC)[nH]c(=O)c2C#N)cc1COc1ccccc1C. The van der Waals surface area contributed by atoms with Crippen LogP contribution in [0.4, 0.5) is 0 Å². The normalized spacial score (nSPS) is 10.4. The average Bonchev–Trinajstić information content (AvgIpc) is 2.72. The van der Waals surface area contributed by atoms with Crippen LogP contribution in [0, 0.1) is 18.3 Å². The lowest BCUT2D eigenvalue weighted by atomic mass is 10.0. The zero-order valence-corrected chi connectivity index (χ0v) is 16.6. The summed E-state index contributed by atoms with van der Waals surface area (Å²) in [5.41, 5.74) is 2.35. The van der Waals surface area contributed by atoms with Gasteiger partial charge in [0, 0.05) is 11.1 Å². The number of nitrogens with zero attached hydrogens (tertiary/aromatic N) is 2. The van der Waals surface area contributed by atoms with Crippen LogP contribution in [0.15, 0.2) is 52.4 Å². The molecule has 0 atom stereocenters. The second kappa shape index (κ2) is 8.63. The number of aryl methyl sites for hydroxylation is 1. The Balaban J connectivity index is 2.02. The molecule has 0 saturated carbocycles. The van der Waals surface area contributed by atoms with Gasteiger partial charge in [-0.3, -0.25) is 4.79 Å². The van der Waals surface area contributed by atoms with Gasteiger partial charge in [0.2, 0.25) is 0 Å². The number of thioether (sulfide) groups is 1. The number of hydrogen-bond acceptors (Lipinski definition) is 6. The molecule has 0 spiro atoms. The molecule has 0 aliphatic heterocycles. The van der Waals surface area contributed by atoms with Crippen molar-refractivity contribution in [1.29, 1.82) is 5.26 Å². The van der Waals surface area contributed by atoms with E-state index in [9.17, 15) is 10.1 Å². The smallest absolute Gasteiger partial charge is 0.270 e.